The van der Waals surface area contributed by atoms with Gasteiger partial charge in [0.2, 0.25) is 0 Å². The molecule has 0 fully saturated rings. The zero-order valence-corrected chi connectivity index (χ0v) is 49.0. The molecule has 0 aliphatic carbocycles. The summed E-state index contributed by atoms with van der Waals surface area (Å²) < 4.78 is 78.8. The third-order valence-corrected chi connectivity index (χ3v) is 17.7. The molecular weight excluding hydrogens is 1190 g/mol. The molecular formula is C75H60BN5OPt. The number of fused-ring (bicyclic) bond motifs is 10. The van der Waals surface area contributed by atoms with Crippen molar-refractivity contribution in [1.82, 2.24) is 14.1 Å². The molecule has 12 aromatic rings. The molecule has 6 nitrogen and oxygen atoms in total. The maximum absolute atomic E-state index is 9.93. The summed E-state index contributed by atoms with van der Waals surface area (Å²) in [5.74, 6) is 0.856. The molecule has 0 saturated carbocycles. The normalized spacial score (nSPS) is 14.4. The van der Waals surface area contributed by atoms with Crippen molar-refractivity contribution in [2.45, 2.75) is 59.2 Å². The Balaban J connectivity index is 0.971. The molecule has 83 heavy (non-hydrogen) atoms. The molecule has 0 unspecified atom stereocenters. The second-order valence-electron chi connectivity index (χ2n) is 23.8. The second kappa shape index (κ2) is 19.3. The van der Waals surface area contributed by atoms with Gasteiger partial charge in [0.25, 0.3) is 0 Å². The van der Waals surface area contributed by atoms with Crippen molar-refractivity contribution in [1.29, 1.82) is 0 Å². The Hall–Kier alpha value is -9.03. The predicted molar refractivity (Wildman–Crippen MR) is 341 cm³/mol. The average Bonchev–Trinajstić information content (AvgIpc) is 1.42. The van der Waals surface area contributed by atoms with E-state index in [1.165, 1.54) is 0 Å². The number of pyridine rings is 1. The van der Waals surface area contributed by atoms with Gasteiger partial charge in [-0.05, 0) is 17.7 Å². The van der Waals surface area contributed by atoms with E-state index in [4.69, 9.17) is 9.72 Å². The fraction of sp³-hybridized carbons (Fsp3) is 0.120. The summed E-state index contributed by atoms with van der Waals surface area (Å²) >= 11 is 2.28. The molecule has 0 spiro atoms. The van der Waals surface area contributed by atoms with Crippen LogP contribution in [-0.4, -0.2) is 21.1 Å². The number of imidazole rings is 1. The first-order valence-electron chi connectivity index (χ1n) is 31.6. The van der Waals surface area contributed by atoms with E-state index in [0.717, 1.165) is 89.4 Å². The fourth-order valence-corrected chi connectivity index (χ4v) is 13.7. The number of aromatic nitrogens is 3. The molecule has 0 saturated heterocycles. The van der Waals surface area contributed by atoms with Gasteiger partial charge in [-0.15, -0.1) is 0 Å². The van der Waals surface area contributed by atoms with Gasteiger partial charge in [0, 0.05) is 11.3 Å². The number of anilines is 4. The van der Waals surface area contributed by atoms with Crippen LogP contribution in [0.15, 0.2) is 236 Å². The van der Waals surface area contributed by atoms with E-state index in [0.29, 0.717) is 37.7 Å². The van der Waals surface area contributed by atoms with Crippen LogP contribution in [0.4, 0.5) is 22.9 Å². The first-order valence-corrected chi connectivity index (χ1v) is 29.3. The van der Waals surface area contributed by atoms with Gasteiger partial charge in [-0.1, -0.05) is 42.5 Å². The summed E-state index contributed by atoms with van der Waals surface area (Å²) in [6.45, 7) is 10.3. The molecule has 0 amide bonds. The van der Waals surface area contributed by atoms with Crippen molar-refractivity contribution in [3.05, 3.63) is 257 Å². The van der Waals surface area contributed by atoms with Gasteiger partial charge in [-0.3, -0.25) is 0 Å². The van der Waals surface area contributed by atoms with Crippen LogP contribution in [0.1, 0.15) is 67.8 Å². The minimum absolute atomic E-state index is 0.0862. The van der Waals surface area contributed by atoms with E-state index in [1.54, 1.807) is 0 Å². The number of hydrogen-bond donors (Lipinski definition) is 0. The van der Waals surface area contributed by atoms with Crippen molar-refractivity contribution in [2.75, 3.05) is 9.62 Å². The molecule has 15 rings (SSSR count). The molecule has 3 aliphatic heterocycles. The van der Waals surface area contributed by atoms with Crippen molar-refractivity contribution >= 4 is 46.4 Å². The Morgan fingerprint density at radius 2 is 1.02 bits per heavy atom. The van der Waals surface area contributed by atoms with Gasteiger partial charge in [0.1, 0.15) is 0 Å². The number of nitrogens with zero attached hydrogens (tertiary/aromatic N) is 5. The second-order valence-corrected chi connectivity index (χ2v) is 24.8. The van der Waals surface area contributed by atoms with Crippen LogP contribution < -0.4 is 19.8 Å². The number of hydrogen-bond acceptors (Lipinski definition) is 4. The number of rotatable bonds is 8. The van der Waals surface area contributed by atoms with E-state index in [2.05, 4.69) is 180 Å². The summed E-state index contributed by atoms with van der Waals surface area (Å²) in [5.41, 5.74) is 17.8. The van der Waals surface area contributed by atoms with Crippen molar-refractivity contribution in [3.8, 4) is 89.8 Å². The average molecular weight is 1260 g/mol. The van der Waals surface area contributed by atoms with Crippen LogP contribution in [0.5, 0.6) is 11.6 Å². The quantitative estimate of drug-likeness (QED) is 0.142. The molecule has 10 aromatic carbocycles. The zero-order valence-electron chi connectivity index (χ0n) is 53.7. The zero-order chi connectivity index (χ0) is 62.4. The molecule has 5 heterocycles. The van der Waals surface area contributed by atoms with Crippen LogP contribution in [0.3, 0.4) is 0 Å². The van der Waals surface area contributed by atoms with Gasteiger partial charge in [-0.25, -0.2) is 0 Å². The van der Waals surface area contributed by atoms with Gasteiger partial charge < -0.3 is 0 Å². The van der Waals surface area contributed by atoms with Crippen LogP contribution in [0, 0.1) is 10.7 Å². The Morgan fingerprint density at radius 1 is 0.482 bits per heavy atom. The molecule has 0 radical (unpaired) electrons. The monoisotopic (exact) mass is 1260 g/mol. The third-order valence-electron chi connectivity index (χ3n) is 16.7. The summed E-state index contributed by atoms with van der Waals surface area (Å²) in [7, 11) is 0. The molecule has 0 N–H and O–H groups in total. The Bertz CT molecular complexity index is 5000. The summed E-state index contributed by atoms with van der Waals surface area (Å²) in [4.78, 5) is 10.1. The predicted octanol–water partition coefficient (Wildman–Crippen LogP) is 18.9. The minimum atomic E-state index is -2.68. The Labute approximate surface area is 507 Å². The molecule has 2 aromatic heterocycles. The summed E-state index contributed by atoms with van der Waals surface area (Å²) in [5, 5.41) is 0. The van der Waals surface area contributed by atoms with Gasteiger partial charge in [0.15, 0.2) is 0 Å². The van der Waals surface area contributed by atoms with Crippen LogP contribution in [0.2, 0.25) is 0 Å². The Morgan fingerprint density at radius 3 is 1.70 bits per heavy atom. The van der Waals surface area contributed by atoms with E-state index in [1.807, 2.05) is 112 Å². The fourth-order valence-electron chi connectivity index (χ4n) is 12.6. The van der Waals surface area contributed by atoms with Crippen LogP contribution in [0.25, 0.3) is 89.2 Å². The van der Waals surface area contributed by atoms with Crippen molar-refractivity contribution in [3.63, 3.8) is 0 Å². The van der Waals surface area contributed by atoms with Gasteiger partial charge >= 0.3 is 438 Å². The van der Waals surface area contributed by atoms with Gasteiger partial charge in [0.05, 0.1) is 0 Å². The first kappa shape index (κ1) is 43.7. The Kier molecular flexibility index (Phi) is 10.2. The number of ether oxygens (including phenoxy) is 1. The van der Waals surface area contributed by atoms with Gasteiger partial charge in [-0.2, -0.15) is 0 Å². The molecule has 404 valence electrons. The molecule has 8 heteroatoms. The topological polar surface area (TPSA) is 38.5 Å². The van der Waals surface area contributed by atoms with E-state index in [-0.39, 0.29) is 57.5 Å². The molecule has 0 atom stereocenters. The summed E-state index contributed by atoms with van der Waals surface area (Å²) in [6.07, 6.45) is 0. The number of benzene rings is 10. The number of para-hydroxylation sites is 6. The molecule has 0 bridgehead atoms. The third kappa shape index (κ3) is 8.18. The van der Waals surface area contributed by atoms with Crippen LogP contribution in [-0.2, 0) is 30.2 Å². The van der Waals surface area contributed by atoms with Crippen molar-refractivity contribution in [2.24, 2.45) is 0 Å². The summed E-state index contributed by atoms with van der Waals surface area (Å²) in [6, 6.07) is 70.3. The first-order chi connectivity index (χ1) is 43.2. The van der Waals surface area contributed by atoms with E-state index >= 15 is 0 Å². The molecule has 3 aliphatic rings. The van der Waals surface area contributed by atoms with E-state index in [9.17, 15) is 9.60 Å². The SMILES string of the molecule is [2H]c1c([2H])c([2H])c2c(c1[2H])n(-c1cccc(Oc3nc4c(c(C([2H])([2H])[2H])c3-c3ccccc3)-c3cccc5c3B3N(c6ccccc6-5)c5ccccc5N34)c1)[c](=[Pt])n2-c1c(-c2ccc(-c3ccccc3)cc2)cccc1-c1cc(C(C)(C)C)cc(C(C)(C)C)c1. The van der Waals surface area contributed by atoms with Crippen LogP contribution >= 0.6 is 0 Å². The standard InChI is InChI=1S/C75H60BN5O.Pt/c1-48-68(52-25-12-9-13-26-52)73(77-72-69(48)62-33-22-32-61-60-29-14-15-34-63(60)80-66-37-18-19-38-67(66)81(72)76(80)70(61)62)82-57-28-20-27-56(46-57)78-47-79(65-36-17-16-35-64(65)78)71-58(51-41-39-50(40-42-51)49-23-10-8-11-24-49)30-21-31-59(71)53-43-54(74(2,3)4)45-55(44-53)75(5,6)7;/h8-46H,1-7H3;/i1D3,16D,17D,35D,36D;. The van der Waals surface area contributed by atoms with Crippen molar-refractivity contribution < 1.29 is 33.7 Å². The van der Waals surface area contributed by atoms with E-state index < -0.39 is 13.8 Å². The maximum atomic E-state index is 9.93.